The molecule has 234 valence electrons. The highest BCUT2D eigenvalue weighted by atomic mass is 32.2. The lowest BCUT2D eigenvalue weighted by atomic mass is 10.1. The minimum Gasteiger partial charge on any atom is -0.444 e. The molecule has 2 aliphatic rings. The summed E-state index contributed by atoms with van der Waals surface area (Å²) in [5, 5.41) is 8.14. The zero-order valence-electron chi connectivity index (χ0n) is 25.1. The number of likely N-dealkylation sites (tertiary alicyclic amines) is 1. The summed E-state index contributed by atoms with van der Waals surface area (Å²) in [5.41, 5.74) is 0.0254. The molecule has 1 aromatic carbocycles. The molecule has 2 atom stereocenters. The third-order valence-electron chi connectivity index (χ3n) is 7.06. The number of alkyl carbamates (subject to hydrolysis) is 1. The molecule has 0 bridgehead atoms. The monoisotopic (exact) mass is 607 g/mol. The number of para-hydroxylation sites is 2. The van der Waals surface area contributed by atoms with Crippen molar-refractivity contribution in [1.82, 2.24) is 15.5 Å². The maximum absolute atomic E-state index is 13.5. The Morgan fingerprint density at radius 2 is 1.79 bits per heavy atom. The zero-order chi connectivity index (χ0) is 30.9. The Labute approximate surface area is 249 Å². The number of amides is 4. The normalized spacial score (nSPS) is 17.7. The number of benzene rings is 1. The first-order valence-electron chi connectivity index (χ1n) is 14.8. The number of carbonyl (C=O) groups is 4. The molecular formula is C29H45N5O7S. The molecule has 0 unspecified atom stereocenters. The second kappa shape index (κ2) is 14.7. The standard InChI is InChI=1S/C29H45N5O7S/c1-5-6-11-19-42(39,40)34-23-15-8-7-13-21(23)32-26(36)24(34)20-25(35)31-22(27(37)33-17-9-10-18-33)14-12-16-30-28(38)41-29(2,3)4/h7-8,13,15,22,24H,5-6,9-12,14,16-20H2,1-4H3,(H,30,38)(H,31,35)(H,32,36)/t22-,24+/m0/s1. The highest BCUT2D eigenvalue weighted by Crippen LogP contribution is 2.35. The van der Waals surface area contributed by atoms with Crippen LogP contribution in [0.3, 0.4) is 0 Å². The van der Waals surface area contributed by atoms with Gasteiger partial charge in [-0.1, -0.05) is 31.9 Å². The van der Waals surface area contributed by atoms with Gasteiger partial charge in [-0.15, -0.1) is 0 Å². The van der Waals surface area contributed by atoms with Crippen LogP contribution in [-0.2, 0) is 29.1 Å². The molecule has 12 nitrogen and oxygen atoms in total. The van der Waals surface area contributed by atoms with Crippen molar-refractivity contribution in [3.63, 3.8) is 0 Å². The van der Waals surface area contributed by atoms with Crippen molar-refractivity contribution in [3.05, 3.63) is 24.3 Å². The Bertz CT molecular complexity index is 1220. The SMILES string of the molecule is CCCCCS(=O)(=O)N1c2ccccc2NC(=O)[C@H]1CC(=O)N[C@@H](CCCNC(=O)OC(C)(C)C)C(=O)N1CCCC1. The van der Waals surface area contributed by atoms with Gasteiger partial charge in [-0.05, 0) is 65.0 Å². The molecule has 1 saturated heterocycles. The van der Waals surface area contributed by atoms with Crippen LogP contribution in [0.5, 0.6) is 0 Å². The van der Waals surface area contributed by atoms with Crippen LogP contribution in [0.2, 0.25) is 0 Å². The number of hydrogen-bond acceptors (Lipinski definition) is 7. The van der Waals surface area contributed by atoms with Crippen molar-refractivity contribution in [1.29, 1.82) is 0 Å². The Hall–Kier alpha value is -3.35. The second-order valence-corrected chi connectivity index (χ2v) is 13.7. The maximum Gasteiger partial charge on any atom is 0.407 e. The lowest BCUT2D eigenvalue weighted by Crippen LogP contribution is -2.55. The van der Waals surface area contributed by atoms with Gasteiger partial charge >= 0.3 is 6.09 Å². The Morgan fingerprint density at radius 3 is 2.45 bits per heavy atom. The van der Waals surface area contributed by atoms with Gasteiger partial charge in [0.15, 0.2) is 0 Å². The zero-order valence-corrected chi connectivity index (χ0v) is 25.9. The highest BCUT2D eigenvalue weighted by molar-refractivity contribution is 7.92. The number of nitrogens with zero attached hydrogens (tertiary/aromatic N) is 2. The predicted octanol–water partition coefficient (Wildman–Crippen LogP) is 3.14. The van der Waals surface area contributed by atoms with Gasteiger partial charge in [0.05, 0.1) is 23.5 Å². The summed E-state index contributed by atoms with van der Waals surface area (Å²) >= 11 is 0. The van der Waals surface area contributed by atoms with Gasteiger partial charge in [0.25, 0.3) is 0 Å². The minimum absolute atomic E-state index is 0.151. The molecule has 1 aromatic rings. The molecule has 2 heterocycles. The number of hydrogen-bond donors (Lipinski definition) is 3. The number of ether oxygens (including phenoxy) is 1. The summed E-state index contributed by atoms with van der Waals surface area (Å²) in [6, 6.07) is 4.41. The number of rotatable bonds is 13. The van der Waals surface area contributed by atoms with Gasteiger partial charge in [-0.3, -0.25) is 18.7 Å². The maximum atomic E-state index is 13.5. The van der Waals surface area contributed by atoms with Crippen LogP contribution in [-0.4, -0.2) is 80.2 Å². The van der Waals surface area contributed by atoms with E-state index < -0.39 is 52.0 Å². The predicted molar refractivity (Wildman–Crippen MR) is 160 cm³/mol. The minimum atomic E-state index is -3.93. The van der Waals surface area contributed by atoms with Gasteiger partial charge < -0.3 is 25.6 Å². The molecule has 2 aliphatic heterocycles. The van der Waals surface area contributed by atoms with E-state index >= 15 is 0 Å². The highest BCUT2D eigenvalue weighted by Gasteiger charge is 2.41. The summed E-state index contributed by atoms with van der Waals surface area (Å²) < 4.78 is 33.3. The number of carbonyl (C=O) groups excluding carboxylic acids is 4. The average Bonchev–Trinajstić information content (AvgIpc) is 3.44. The largest absolute Gasteiger partial charge is 0.444 e. The summed E-state index contributed by atoms with van der Waals surface area (Å²) in [4.78, 5) is 53.5. The van der Waals surface area contributed by atoms with Gasteiger partial charge in [0, 0.05) is 19.6 Å². The number of nitrogens with one attached hydrogen (secondary N) is 3. The lowest BCUT2D eigenvalue weighted by Gasteiger charge is -2.37. The fourth-order valence-corrected chi connectivity index (χ4v) is 6.85. The average molecular weight is 608 g/mol. The van der Waals surface area contributed by atoms with Gasteiger partial charge in [-0.25, -0.2) is 13.2 Å². The van der Waals surface area contributed by atoms with Crippen molar-refractivity contribution in [2.75, 3.05) is 35.0 Å². The van der Waals surface area contributed by atoms with E-state index in [0.717, 1.165) is 30.0 Å². The van der Waals surface area contributed by atoms with Crippen molar-refractivity contribution in [2.45, 2.75) is 96.7 Å². The molecular weight excluding hydrogens is 562 g/mol. The molecule has 13 heteroatoms. The first-order valence-corrected chi connectivity index (χ1v) is 16.4. The van der Waals surface area contributed by atoms with Crippen molar-refractivity contribution in [3.8, 4) is 0 Å². The van der Waals surface area contributed by atoms with Crippen LogP contribution < -0.4 is 20.3 Å². The molecule has 3 rings (SSSR count). The summed E-state index contributed by atoms with van der Waals surface area (Å²) in [6.45, 7) is 8.66. The van der Waals surface area contributed by atoms with Crippen LogP contribution in [0.1, 0.15) is 79.1 Å². The fraction of sp³-hybridized carbons (Fsp3) is 0.655. The van der Waals surface area contributed by atoms with Gasteiger partial charge in [0.1, 0.15) is 17.7 Å². The molecule has 0 spiro atoms. The molecule has 0 aliphatic carbocycles. The van der Waals surface area contributed by atoms with Crippen molar-refractivity contribution in [2.24, 2.45) is 0 Å². The summed E-state index contributed by atoms with van der Waals surface area (Å²) in [5.74, 6) is -1.60. The first kappa shape index (κ1) is 33.2. The van der Waals surface area contributed by atoms with Crippen LogP contribution in [0.25, 0.3) is 0 Å². The Morgan fingerprint density at radius 1 is 1.10 bits per heavy atom. The van der Waals surface area contributed by atoms with Crippen molar-refractivity contribution < 1.29 is 32.3 Å². The van der Waals surface area contributed by atoms with Gasteiger partial charge in [0.2, 0.25) is 27.7 Å². The van der Waals surface area contributed by atoms with E-state index in [2.05, 4.69) is 16.0 Å². The Balaban J connectivity index is 1.73. The molecule has 0 radical (unpaired) electrons. The fourth-order valence-electron chi connectivity index (χ4n) is 5.07. The van der Waals surface area contributed by atoms with E-state index in [1.54, 1.807) is 49.9 Å². The van der Waals surface area contributed by atoms with Crippen LogP contribution in [0, 0.1) is 0 Å². The third kappa shape index (κ3) is 9.33. The molecule has 1 fully saturated rings. The van der Waals surface area contributed by atoms with E-state index in [1.165, 1.54) is 0 Å². The van der Waals surface area contributed by atoms with Crippen LogP contribution in [0.4, 0.5) is 16.2 Å². The van der Waals surface area contributed by atoms with Gasteiger partial charge in [-0.2, -0.15) is 0 Å². The topological polar surface area (TPSA) is 154 Å². The van der Waals surface area contributed by atoms with E-state index in [9.17, 15) is 27.6 Å². The first-order chi connectivity index (χ1) is 19.8. The number of fused-ring (bicyclic) bond motifs is 1. The van der Waals surface area contributed by atoms with E-state index in [0.29, 0.717) is 37.3 Å². The third-order valence-corrected chi connectivity index (χ3v) is 8.91. The molecule has 0 saturated carbocycles. The summed E-state index contributed by atoms with van der Waals surface area (Å²) in [6.07, 6.45) is 3.34. The molecule has 0 aromatic heterocycles. The van der Waals surface area contributed by atoms with E-state index in [4.69, 9.17) is 4.74 Å². The van der Waals surface area contributed by atoms with Crippen molar-refractivity contribution >= 4 is 45.2 Å². The second-order valence-electron chi connectivity index (χ2n) is 11.8. The molecule has 3 N–H and O–H groups in total. The van der Waals surface area contributed by atoms with E-state index in [1.807, 2.05) is 6.92 Å². The summed E-state index contributed by atoms with van der Waals surface area (Å²) in [7, 11) is -3.93. The number of unbranched alkanes of at least 4 members (excludes halogenated alkanes) is 2. The lowest BCUT2D eigenvalue weighted by molar-refractivity contribution is -0.136. The van der Waals surface area contributed by atoms with Crippen LogP contribution >= 0.6 is 0 Å². The van der Waals surface area contributed by atoms with E-state index in [-0.39, 0.29) is 24.6 Å². The quantitative estimate of drug-likeness (QED) is 0.291. The number of anilines is 2. The molecule has 4 amide bonds. The number of sulfonamides is 1. The van der Waals surface area contributed by atoms with Crippen LogP contribution in [0.15, 0.2) is 24.3 Å². The smallest absolute Gasteiger partial charge is 0.407 e. The Kier molecular flexibility index (Phi) is 11.6. The molecule has 42 heavy (non-hydrogen) atoms.